The Labute approximate surface area is 150 Å². The summed E-state index contributed by atoms with van der Waals surface area (Å²) in [5.41, 5.74) is 1.36. The van der Waals surface area contributed by atoms with Crippen LogP contribution < -0.4 is 5.32 Å². The van der Waals surface area contributed by atoms with Crippen molar-refractivity contribution in [3.63, 3.8) is 0 Å². The molecule has 3 rings (SSSR count). The first-order valence-corrected chi connectivity index (χ1v) is 9.38. The summed E-state index contributed by atoms with van der Waals surface area (Å²) >= 11 is 0. The molecule has 3 atom stereocenters. The molecule has 1 amide bonds. The summed E-state index contributed by atoms with van der Waals surface area (Å²) in [7, 11) is 0. The molecule has 132 valence electrons. The van der Waals surface area contributed by atoms with E-state index in [-0.39, 0.29) is 17.6 Å². The second-order valence-corrected chi connectivity index (χ2v) is 7.15. The molecule has 0 saturated heterocycles. The normalized spacial score (nSPS) is 26.0. The van der Waals surface area contributed by atoms with Crippen LogP contribution in [0.5, 0.6) is 0 Å². The molecular weight excluding hydrogens is 310 g/mol. The van der Waals surface area contributed by atoms with Crippen molar-refractivity contribution in [3.8, 4) is 0 Å². The van der Waals surface area contributed by atoms with E-state index in [1.54, 1.807) is 19.1 Å². The van der Waals surface area contributed by atoms with E-state index in [2.05, 4.69) is 29.6 Å². The van der Waals surface area contributed by atoms with E-state index in [4.69, 9.17) is 0 Å². The number of amides is 1. The van der Waals surface area contributed by atoms with Gasteiger partial charge in [-0.2, -0.15) is 0 Å². The number of Topliss-reactive ketones (excluding diaryl/α,β-unsaturated/α-hetero) is 1. The van der Waals surface area contributed by atoms with Crippen molar-refractivity contribution >= 4 is 17.4 Å². The van der Waals surface area contributed by atoms with Gasteiger partial charge in [0.25, 0.3) is 0 Å². The maximum Gasteiger partial charge on any atom is 0.228 e. The number of hydrogen-bond acceptors (Lipinski definition) is 2. The lowest BCUT2D eigenvalue weighted by atomic mass is 10.1. The highest BCUT2D eigenvalue weighted by Crippen LogP contribution is 2.52. The fourth-order valence-electron chi connectivity index (χ4n) is 3.90. The van der Waals surface area contributed by atoms with Gasteiger partial charge in [0.15, 0.2) is 5.78 Å². The van der Waals surface area contributed by atoms with Crippen LogP contribution in [-0.2, 0) is 4.79 Å². The molecule has 0 heterocycles. The topological polar surface area (TPSA) is 46.2 Å². The van der Waals surface area contributed by atoms with Crippen LogP contribution in [0.25, 0.3) is 0 Å². The summed E-state index contributed by atoms with van der Waals surface area (Å²) in [5, 5.41) is 3.03. The van der Waals surface area contributed by atoms with Crippen LogP contribution in [0.3, 0.4) is 0 Å². The molecule has 1 aromatic carbocycles. The molecule has 1 fully saturated rings. The number of rotatable bonds is 3. The van der Waals surface area contributed by atoms with Gasteiger partial charge >= 0.3 is 0 Å². The van der Waals surface area contributed by atoms with Gasteiger partial charge in [0, 0.05) is 17.2 Å². The maximum atomic E-state index is 12.7. The Balaban J connectivity index is 1.63. The first-order valence-electron chi connectivity index (χ1n) is 9.38. The first kappa shape index (κ1) is 17.7. The zero-order valence-electron chi connectivity index (χ0n) is 14.9. The van der Waals surface area contributed by atoms with Crippen LogP contribution in [0.4, 0.5) is 5.69 Å². The van der Waals surface area contributed by atoms with E-state index in [9.17, 15) is 9.59 Å². The van der Waals surface area contributed by atoms with E-state index in [1.165, 1.54) is 0 Å². The third-order valence-electron chi connectivity index (χ3n) is 5.34. The van der Waals surface area contributed by atoms with Gasteiger partial charge < -0.3 is 5.32 Å². The van der Waals surface area contributed by atoms with Crippen molar-refractivity contribution in [2.45, 2.75) is 45.4 Å². The monoisotopic (exact) mass is 337 g/mol. The van der Waals surface area contributed by atoms with Crippen LogP contribution in [0.15, 0.2) is 48.6 Å². The number of allylic oxidation sites excluding steroid dienone is 4. The van der Waals surface area contributed by atoms with Crippen molar-refractivity contribution in [2.24, 2.45) is 17.8 Å². The van der Waals surface area contributed by atoms with Gasteiger partial charge in [-0.3, -0.25) is 9.59 Å². The van der Waals surface area contributed by atoms with Gasteiger partial charge in [0.05, 0.1) is 0 Å². The predicted molar refractivity (Wildman–Crippen MR) is 102 cm³/mol. The van der Waals surface area contributed by atoms with Gasteiger partial charge in [-0.1, -0.05) is 36.4 Å². The summed E-state index contributed by atoms with van der Waals surface area (Å²) in [5.74, 6) is 1.23. The van der Waals surface area contributed by atoms with Crippen molar-refractivity contribution in [1.29, 1.82) is 0 Å². The van der Waals surface area contributed by atoms with E-state index >= 15 is 0 Å². The average Bonchev–Trinajstić information content (AvgIpc) is 3.27. The third-order valence-corrected chi connectivity index (χ3v) is 5.34. The highest BCUT2D eigenvalue weighted by molar-refractivity contribution is 5.98. The lowest BCUT2D eigenvalue weighted by Crippen LogP contribution is -2.16. The number of nitrogens with one attached hydrogen (secondary N) is 1. The molecule has 3 nitrogen and oxygen atoms in total. The Morgan fingerprint density at radius 3 is 2.12 bits per heavy atom. The minimum absolute atomic E-state index is 0.0161. The SMILES string of the molecule is CC(=O)c1cccc(NC(=O)C2[C@H]3CCC=CCCC=CCC[C@@H]23)c1. The predicted octanol–water partition coefficient (Wildman–Crippen LogP) is 5.16. The van der Waals surface area contributed by atoms with Crippen LogP contribution in [0.2, 0.25) is 0 Å². The van der Waals surface area contributed by atoms with Crippen molar-refractivity contribution < 1.29 is 9.59 Å². The zero-order chi connectivity index (χ0) is 17.6. The van der Waals surface area contributed by atoms with Gasteiger partial charge in [0.2, 0.25) is 5.91 Å². The van der Waals surface area contributed by atoms with E-state index < -0.39 is 0 Å². The quantitative estimate of drug-likeness (QED) is 0.612. The number of anilines is 1. The summed E-state index contributed by atoms with van der Waals surface area (Å²) in [6, 6.07) is 7.21. The number of hydrogen-bond donors (Lipinski definition) is 1. The number of carbonyl (C=O) groups is 2. The highest BCUT2D eigenvalue weighted by Gasteiger charge is 2.52. The average molecular weight is 337 g/mol. The van der Waals surface area contributed by atoms with Crippen LogP contribution in [0.1, 0.15) is 55.8 Å². The Bertz CT molecular complexity index is 665. The molecular formula is C22H27NO2. The van der Waals surface area contributed by atoms with Crippen LogP contribution >= 0.6 is 0 Å². The van der Waals surface area contributed by atoms with Gasteiger partial charge in [-0.25, -0.2) is 0 Å². The molecule has 1 N–H and O–H groups in total. The minimum Gasteiger partial charge on any atom is -0.326 e. The zero-order valence-corrected chi connectivity index (χ0v) is 14.9. The Morgan fingerprint density at radius 1 is 0.920 bits per heavy atom. The van der Waals surface area contributed by atoms with E-state index in [1.807, 2.05) is 12.1 Å². The van der Waals surface area contributed by atoms with Crippen LogP contribution in [-0.4, -0.2) is 11.7 Å². The summed E-state index contributed by atoms with van der Waals surface area (Å²) < 4.78 is 0. The summed E-state index contributed by atoms with van der Waals surface area (Å²) in [6.07, 6.45) is 15.6. The molecule has 25 heavy (non-hydrogen) atoms. The Morgan fingerprint density at radius 2 is 1.52 bits per heavy atom. The van der Waals surface area contributed by atoms with E-state index in [0.29, 0.717) is 17.4 Å². The number of ketones is 1. The molecule has 2 aliphatic carbocycles. The number of fused-ring (bicyclic) bond motifs is 1. The van der Waals surface area contributed by atoms with Crippen molar-refractivity contribution in [2.75, 3.05) is 5.32 Å². The van der Waals surface area contributed by atoms with Gasteiger partial charge in [-0.15, -0.1) is 0 Å². The summed E-state index contributed by atoms with van der Waals surface area (Å²) in [6.45, 7) is 1.54. The van der Waals surface area contributed by atoms with Crippen molar-refractivity contribution in [1.82, 2.24) is 0 Å². The van der Waals surface area contributed by atoms with Gasteiger partial charge in [0.1, 0.15) is 0 Å². The smallest absolute Gasteiger partial charge is 0.228 e. The first-order chi connectivity index (χ1) is 12.2. The molecule has 1 unspecified atom stereocenters. The lowest BCUT2D eigenvalue weighted by Gasteiger charge is -2.06. The molecule has 1 saturated carbocycles. The second-order valence-electron chi connectivity index (χ2n) is 7.15. The second kappa shape index (κ2) is 8.28. The summed E-state index contributed by atoms with van der Waals surface area (Å²) in [4.78, 5) is 24.2. The molecule has 0 aliphatic heterocycles. The van der Waals surface area contributed by atoms with E-state index in [0.717, 1.165) is 44.2 Å². The van der Waals surface area contributed by atoms with Crippen LogP contribution in [0, 0.1) is 17.8 Å². The van der Waals surface area contributed by atoms with Crippen molar-refractivity contribution in [3.05, 3.63) is 54.1 Å². The maximum absolute atomic E-state index is 12.7. The standard InChI is InChI=1S/C22H27NO2/c1-16(24)17-11-10-12-18(15-17)23-22(25)21-19-13-8-6-4-2-3-5-7-9-14-20(19)21/h4-7,10-12,15,19-21H,2-3,8-9,13-14H2,1H3,(H,23,25)/t19-,20+,21?. The molecule has 2 aliphatic rings. The number of benzene rings is 1. The molecule has 3 heteroatoms. The molecule has 0 bridgehead atoms. The molecule has 0 radical (unpaired) electrons. The molecule has 0 aromatic heterocycles. The highest BCUT2D eigenvalue weighted by atomic mass is 16.2. The number of carbonyl (C=O) groups excluding carboxylic acids is 2. The minimum atomic E-state index is 0.0161. The van der Waals surface area contributed by atoms with Gasteiger partial charge in [-0.05, 0) is 69.4 Å². The Hall–Kier alpha value is -2.16. The molecule has 0 spiro atoms. The third kappa shape index (κ3) is 4.68. The Kier molecular flexibility index (Phi) is 5.85. The lowest BCUT2D eigenvalue weighted by molar-refractivity contribution is -0.117. The largest absolute Gasteiger partial charge is 0.326 e. The molecule has 1 aromatic rings. The fourth-order valence-corrected chi connectivity index (χ4v) is 3.90. The fraction of sp³-hybridized carbons (Fsp3) is 0.455.